The number of rotatable bonds is 4. The van der Waals surface area contributed by atoms with Crippen LogP contribution in [0.2, 0.25) is 0 Å². The lowest BCUT2D eigenvalue weighted by Crippen LogP contribution is -2.52. The molecule has 0 aliphatic carbocycles. The van der Waals surface area contributed by atoms with Crippen LogP contribution < -0.4 is 4.72 Å². The maximum Gasteiger partial charge on any atom is 0.407 e. The van der Waals surface area contributed by atoms with Crippen molar-refractivity contribution in [1.29, 1.82) is 0 Å². The number of nitrogens with one attached hydrogen (secondary N) is 1. The van der Waals surface area contributed by atoms with E-state index in [9.17, 15) is 14.5 Å². The molecule has 28 heavy (non-hydrogen) atoms. The maximum absolute atomic E-state index is 12.6. The van der Waals surface area contributed by atoms with Gasteiger partial charge in [-0.25, -0.2) is 4.79 Å². The Labute approximate surface area is 176 Å². The standard InChI is InChI=1S/C21H32N2O3S2/c1-19(2,3)28(26)22-14-20(4,5)17-15-8-6-7-9-16(15)27-21(17)10-12-23(13-11-21)18(24)25/h6-9,17,22H,10-14H2,1-5H3,(H,24,25)/t17-,28?/m0/s1. The van der Waals surface area contributed by atoms with Crippen molar-refractivity contribution >= 4 is 29.2 Å². The van der Waals surface area contributed by atoms with Gasteiger partial charge < -0.3 is 14.6 Å². The zero-order valence-electron chi connectivity index (χ0n) is 17.4. The molecule has 2 aliphatic heterocycles. The Kier molecular flexibility index (Phi) is 6.03. The molecule has 5 nitrogen and oxygen atoms in total. The number of carbonyl (C=O) groups is 1. The van der Waals surface area contributed by atoms with Crippen molar-refractivity contribution in [2.24, 2.45) is 5.41 Å². The fourth-order valence-electron chi connectivity index (χ4n) is 4.54. The molecule has 1 saturated heterocycles. The van der Waals surface area contributed by atoms with Crippen LogP contribution >= 0.6 is 11.8 Å². The van der Waals surface area contributed by atoms with Crippen LogP contribution in [0, 0.1) is 5.41 Å². The van der Waals surface area contributed by atoms with E-state index < -0.39 is 17.5 Å². The number of fused-ring (bicyclic) bond motifs is 1. The van der Waals surface area contributed by atoms with Crippen molar-refractivity contribution < 1.29 is 14.5 Å². The SMILES string of the molecule is CC(C)(CN[S+]([O-])C(C)(C)C)[C@@H]1c2ccccc2SC12CCN(C(=O)O)CC2. The van der Waals surface area contributed by atoms with E-state index in [1.54, 1.807) is 0 Å². The molecule has 0 aromatic heterocycles. The van der Waals surface area contributed by atoms with Gasteiger partial charge in [-0.05, 0) is 50.7 Å². The summed E-state index contributed by atoms with van der Waals surface area (Å²) in [5, 5.41) is 9.37. The topological polar surface area (TPSA) is 75.6 Å². The van der Waals surface area contributed by atoms with Crippen LogP contribution in [0.5, 0.6) is 0 Å². The number of amides is 1. The van der Waals surface area contributed by atoms with Crippen LogP contribution in [0.15, 0.2) is 29.2 Å². The molecular weight excluding hydrogens is 392 g/mol. The van der Waals surface area contributed by atoms with E-state index >= 15 is 0 Å². The molecule has 1 aromatic rings. The highest BCUT2D eigenvalue weighted by molar-refractivity contribution is 8.01. The van der Waals surface area contributed by atoms with Gasteiger partial charge in [0.15, 0.2) is 0 Å². The van der Waals surface area contributed by atoms with Gasteiger partial charge in [-0.15, -0.1) is 16.5 Å². The highest BCUT2D eigenvalue weighted by atomic mass is 32.2. The van der Waals surface area contributed by atoms with Gasteiger partial charge in [-0.2, -0.15) is 0 Å². The van der Waals surface area contributed by atoms with Crippen molar-refractivity contribution in [1.82, 2.24) is 9.62 Å². The molecule has 2 heterocycles. The van der Waals surface area contributed by atoms with Crippen LogP contribution in [0.3, 0.4) is 0 Å². The zero-order valence-corrected chi connectivity index (χ0v) is 19.1. The van der Waals surface area contributed by atoms with Crippen LogP contribution in [0.25, 0.3) is 0 Å². The minimum Gasteiger partial charge on any atom is -0.598 e. The van der Waals surface area contributed by atoms with E-state index in [1.165, 1.54) is 15.4 Å². The van der Waals surface area contributed by atoms with Crippen LogP contribution in [-0.2, 0) is 11.4 Å². The summed E-state index contributed by atoms with van der Waals surface area (Å²) >= 11 is 0.812. The Morgan fingerprint density at radius 1 is 1.29 bits per heavy atom. The number of hydrogen-bond donors (Lipinski definition) is 2. The van der Waals surface area contributed by atoms with Gasteiger partial charge in [0.1, 0.15) is 4.75 Å². The van der Waals surface area contributed by atoms with E-state index in [4.69, 9.17) is 0 Å². The van der Waals surface area contributed by atoms with Crippen molar-refractivity contribution in [2.75, 3.05) is 19.6 Å². The van der Waals surface area contributed by atoms with E-state index in [-0.39, 0.29) is 20.8 Å². The molecule has 2 atom stereocenters. The Morgan fingerprint density at radius 3 is 2.46 bits per heavy atom. The average Bonchev–Trinajstić information content (AvgIpc) is 2.93. The Hall–Kier alpha value is -0.890. The third-order valence-electron chi connectivity index (χ3n) is 5.95. The van der Waals surface area contributed by atoms with Crippen molar-refractivity contribution in [3.05, 3.63) is 29.8 Å². The minimum absolute atomic E-state index is 0.00988. The summed E-state index contributed by atoms with van der Waals surface area (Å²) in [6.45, 7) is 12.2. The third kappa shape index (κ3) is 4.18. The fourth-order valence-corrected chi connectivity index (χ4v) is 7.32. The monoisotopic (exact) mass is 424 g/mol. The second-order valence-corrected chi connectivity index (χ2v) is 13.1. The predicted octanol–water partition coefficient (Wildman–Crippen LogP) is 4.47. The third-order valence-corrected chi connectivity index (χ3v) is 9.11. The van der Waals surface area contributed by atoms with Gasteiger partial charge in [-0.1, -0.05) is 32.0 Å². The number of likely N-dealkylation sites (tertiary alicyclic amines) is 1. The van der Waals surface area contributed by atoms with Gasteiger partial charge in [0.2, 0.25) is 0 Å². The largest absolute Gasteiger partial charge is 0.598 e. The number of thioether (sulfide) groups is 1. The van der Waals surface area contributed by atoms with Gasteiger partial charge in [0.05, 0.1) is 0 Å². The highest BCUT2D eigenvalue weighted by Gasteiger charge is 2.54. The lowest BCUT2D eigenvalue weighted by molar-refractivity contribution is 0.115. The molecule has 0 radical (unpaired) electrons. The normalized spacial score (nSPS) is 22.9. The Bertz CT molecular complexity index is 725. The quantitative estimate of drug-likeness (QED) is 0.698. The molecular formula is C21H32N2O3S2. The molecule has 2 N–H and O–H groups in total. The lowest BCUT2D eigenvalue weighted by atomic mass is 9.65. The highest BCUT2D eigenvalue weighted by Crippen LogP contribution is 2.63. The Balaban J connectivity index is 1.87. The molecule has 0 saturated carbocycles. The molecule has 2 aliphatic rings. The van der Waals surface area contributed by atoms with Gasteiger partial charge in [0.25, 0.3) is 0 Å². The summed E-state index contributed by atoms with van der Waals surface area (Å²) in [7, 11) is 0. The van der Waals surface area contributed by atoms with Gasteiger partial charge in [-0.3, -0.25) is 0 Å². The smallest absolute Gasteiger partial charge is 0.407 e. The first-order chi connectivity index (χ1) is 13.0. The first kappa shape index (κ1) is 21.8. The molecule has 7 heteroatoms. The van der Waals surface area contributed by atoms with E-state index in [0.717, 1.165) is 12.8 Å². The summed E-state index contributed by atoms with van der Waals surface area (Å²) in [4.78, 5) is 14.2. The molecule has 1 spiro atoms. The van der Waals surface area contributed by atoms with E-state index in [2.05, 4.69) is 42.8 Å². The van der Waals surface area contributed by atoms with Crippen molar-refractivity contribution in [3.8, 4) is 0 Å². The van der Waals surface area contributed by atoms with Crippen molar-refractivity contribution in [3.63, 3.8) is 0 Å². The number of benzene rings is 1. The van der Waals surface area contributed by atoms with Gasteiger partial charge in [0, 0.05) is 46.6 Å². The second-order valence-electron chi connectivity index (χ2n) is 9.60. The second kappa shape index (κ2) is 7.74. The molecule has 0 bridgehead atoms. The van der Waals surface area contributed by atoms with Gasteiger partial charge >= 0.3 is 6.09 Å². The maximum atomic E-state index is 12.6. The van der Waals surface area contributed by atoms with Crippen LogP contribution in [-0.4, -0.2) is 49.8 Å². The van der Waals surface area contributed by atoms with Crippen LogP contribution in [0.1, 0.15) is 58.9 Å². The lowest BCUT2D eigenvalue weighted by Gasteiger charge is -2.47. The molecule has 1 amide bonds. The van der Waals surface area contributed by atoms with E-state index in [0.29, 0.717) is 19.6 Å². The number of nitrogens with zero attached hydrogens (tertiary/aromatic N) is 1. The molecule has 1 aromatic carbocycles. The first-order valence-electron chi connectivity index (χ1n) is 9.87. The van der Waals surface area contributed by atoms with Crippen molar-refractivity contribution in [2.45, 2.75) is 67.8 Å². The number of piperidine rings is 1. The number of hydrogen-bond acceptors (Lipinski definition) is 4. The first-order valence-corrected chi connectivity index (χ1v) is 11.8. The summed E-state index contributed by atoms with van der Waals surface area (Å²) in [5.41, 5.74) is 1.23. The van der Waals surface area contributed by atoms with Crippen LogP contribution in [0.4, 0.5) is 4.79 Å². The summed E-state index contributed by atoms with van der Waals surface area (Å²) in [5.74, 6) is 0.279. The summed E-state index contributed by atoms with van der Waals surface area (Å²) < 4.78 is 15.5. The predicted molar refractivity (Wildman–Crippen MR) is 116 cm³/mol. The molecule has 3 rings (SSSR count). The zero-order chi connectivity index (χ0) is 20.7. The molecule has 156 valence electrons. The van der Waals surface area contributed by atoms with E-state index in [1.807, 2.05) is 32.5 Å². The molecule has 1 unspecified atom stereocenters. The summed E-state index contributed by atoms with van der Waals surface area (Å²) in [6, 6.07) is 8.57. The number of carboxylic acid groups (broad SMARTS) is 1. The Morgan fingerprint density at radius 2 is 1.89 bits per heavy atom. The average molecular weight is 425 g/mol. The molecule has 1 fully saturated rings. The summed E-state index contributed by atoms with van der Waals surface area (Å²) in [6.07, 6.45) is 0.859. The fraction of sp³-hybridized carbons (Fsp3) is 0.667. The minimum atomic E-state index is -1.11.